The maximum absolute atomic E-state index is 6.03. The van der Waals surface area contributed by atoms with E-state index in [1.54, 1.807) is 0 Å². The molecule has 0 bridgehead atoms. The lowest BCUT2D eigenvalue weighted by Crippen LogP contribution is -2.28. The summed E-state index contributed by atoms with van der Waals surface area (Å²) in [5, 5.41) is 3.38. The molecule has 1 unspecified atom stereocenters. The summed E-state index contributed by atoms with van der Waals surface area (Å²) in [6.07, 6.45) is 1.21. The normalized spacial score (nSPS) is 17.9. The molecule has 1 fully saturated rings. The Morgan fingerprint density at radius 1 is 1.30 bits per heavy atom. The molecule has 0 saturated carbocycles. The summed E-state index contributed by atoms with van der Waals surface area (Å²) in [5.74, 6) is 1.95. The topological polar surface area (TPSA) is 67.1 Å². The molecule has 1 aromatic heterocycles. The molecule has 108 valence electrons. The highest BCUT2D eigenvalue weighted by Gasteiger charge is 2.19. The number of fused-ring (bicyclic) bond motifs is 1. The zero-order chi connectivity index (χ0) is 13.2. The molecule has 3 N–H and O–H groups in total. The van der Waals surface area contributed by atoms with Crippen molar-refractivity contribution >= 4 is 35.1 Å². The predicted octanol–water partition coefficient (Wildman–Crippen LogP) is 1.68. The lowest BCUT2D eigenvalue weighted by atomic mass is 10.1. The molecule has 0 radical (unpaired) electrons. The quantitative estimate of drug-likeness (QED) is 0.901. The third-order valence-corrected chi connectivity index (χ3v) is 3.63. The lowest BCUT2D eigenvalue weighted by Gasteiger charge is -2.22. The van der Waals surface area contributed by atoms with Crippen LogP contribution in [-0.2, 0) is 0 Å². The van der Waals surface area contributed by atoms with Gasteiger partial charge in [0.15, 0.2) is 11.6 Å². The average molecular weight is 294 g/mol. The molecule has 0 amide bonds. The van der Waals surface area contributed by atoms with E-state index >= 15 is 0 Å². The van der Waals surface area contributed by atoms with Crippen molar-refractivity contribution in [1.82, 2.24) is 15.3 Å². The van der Waals surface area contributed by atoms with E-state index in [0.717, 1.165) is 36.5 Å². The molecule has 1 atom stereocenters. The van der Waals surface area contributed by atoms with Gasteiger partial charge in [-0.1, -0.05) is 12.1 Å². The van der Waals surface area contributed by atoms with Gasteiger partial charge in [-0.2, -0.15) is 0 Å². The summed E-state index contributed by atoms with van der Waals surface area (Å²) in [5.41, 5.74) is 7.77. The molecule has 1 aliphatic rings. The van der Waals surface area contributed by atoms with Crippen LogP contribution in [0.5, 0.6) is 0 Å². The molecule has 6 heteroatoms. The highest BCUT2D eigenvalue weighted by atomic mass is 35.5. The number of hydrogen-bond donors (Lipinski definition) is 2. The average Bonchev–Trinajstić information content (AvgIpc) is 2.90. The van der Waals surface area contributed by atoms with Crippen LogP contribution in [0, 0.1) is 5.92 Å². The molecule has 0 spiro atoms. The highest BCUT2D eigenvalue weighted by molar-refractivity contribution is 5.85. The minimum absolute atomic E-state index is 0. The fourth-order valence-corrected chi connectivity index (χ4v) is 2.63. The van der Waals surface area contributed by atoms with E-state index in [4.69, 9.17) is 5.73 Å². The molecule has 2 aromatic rings. The first kappa shape index (κ1) is 14.8. The van der Waals surface area contributed by atoms with Crippen LogP contribution in [-0.4, -0.2) is 36.6 Å². The Bertz CT molecular complexity index is 583. The first-order valence-electron chi connectivity index (χ1n) is 6.68. The molecule has 20 heavy (non-hydrogen) atoms. The summed E-state index contributed by atoms with van der Waals surface area (Å²) < 4.78 is 0. The molecule has 5 nitrogen and oxygen atoms in total. The van der Waals surface area contributed by atoms with Crippen LogP contribution in [0.4, 0.5) is 11.6 Å². The van der Waals surface area contributed by atoms with Gasteiger partial charge in [-0.3, -0.25) is 0 Å². The number of hydrogen-bond acceptors (Lipinski definition) is 5. The SMILES string of the molecule is CN(CC1CCNC1)c1nc2ccccc2nc1N.Cl. The summed E-state index contributed by atoms with van der Waals surface area (Å²) in [4.78, 5) is 11.2. The van der Waals surface area contributed by atoms with Gasteiger partial charge in [0.2, 0.25) is 0 Å². The number of nitrogen functional groups attached to an aromatic ring is 1. The minimum Gasteiger partial charge on any atom is -0.381 e. The number of nitrogens with zero attached hydrogens (tertiary/aromatic N) is 3. The van der Waals surface area contributed by atoms with Crippen LogP contribution in [0.2, 0.25) is 0 Å². The van der Waals surface area contributed by atoms with Crippen LogP contribution in [0.3, 0.4) is 0 Å². The van der Waals surface area contributed by atoms with Crippen LogP contribution >= 0.6 is 12.4 Å². The third kappa shape index (κ3) is 2.94. The number of benzene rings is 1. The van der Waals surface area contributed by atoms with Crippen molar-refractivity contribution in [3.05, 3.63) is 24.3 Å². The molecular formula is C14H20ClN5. The van der Waals surface area contributed by atoms with Crippen LogP contribution in [0.15, 0.2) is 24.3 Å². The van der Waals surface area contributed by atoms with Crippen molar-refractivity contribution < 1.29 is 0 Å². The Labute approximate surface area is 125 Å². The fraction of sp³-hybridized carbons (Fsp3) is 0.429. The van der Waals surface area contributed by atoms with E-state index in [1.165, 1.54) is 6.42 Å². The van der Waals surface area contributed by atoms with E-state index in [0.29, 0.717) is 11.7 Å². The van der Waals surface area contributed by atoms with Crippen molar-refractivity contribution in [2.75, 3.05) is 37.3 Å². The summed E-state index contributed by atoms with van der Waals surface area (Å²) in [7, 11) is 2.04. The zero-order valence-electron chi connectivity index (χ0n) is 11.5. The summed E-state index contributed by atoms with van der Waals surface area (Å²) in [6, 6.07) is 7.82. The highest BCUT2D eigenvalue weighted by Crippen LogP contribution is 2.22. The molecule has 1 aliphatic heterocycles. The van der Waals surface area contributed by atoms with Crippen LogP contribution in [0.25, 0.3) is 11.0 Å². The molecule has 0 aliphatic carbocycles. The first-order valence-corrected chi connectivity index (χ1v) is 6.68. The molecule has 1 aromatic carbocycles. The van der Waals surface area contributed by atoms with E-state index < -0.39 is 0 Å². The Morgan fingerprint density at radius 2 is 2.00 bits per heavy atom. The molecule has 1 saturated heterocycles. The van der Waals surface area contributed by atoms with Gasteiger partial charge >= 0.3 is 0 Å². The van der Waals surface area contributed by atoms with E-state index in [-0.39, 0.29) is 12.4 Å². The van der Waals surface area contributed by atoms with E-state index in [2.05, 4.69) is 20.2 Å². The minimum atomic E-state index is 0. The van der Waals surface area contributed by atoms with Gasteiger partial charge in [0.05, 0.1) is 11.0 Å². The standard InChI is InChI=1S/C14H19N5.ClH/c1-19(9-10-6-7-16-8-10)14-13(15)17-11-4-2-3-5-12(11)18-14;/h2-5,10,16H,6-9H2,1H3,(H2,15,17);1H. The Morgan fingerprint density at radius 3 is 2.65 bits per heavy atom. The van der Waals surface area contributed by atoms with Crippen LogP contribution in [0.1, 0.15) is 6.42 Å². The number of anilines is 2. The predicted molar refractivity (Wildman–Crippen MR) is 85.4 cm³/mol. The largest absolute Gasteiger partial charge is 0.381 e. The van der Waals surface area contributed by atoms with E-state index in [1.807, 2.05) is 31.3 Å². The smallest absolute Gasteiger partial charge is 0.171 e. The van der Waals surface area contributed by atoms with Crippen molar-refractivity contribution in [2.24, 2.45) is 5.92 Å². The number of nitrogens with two attached hydrogens (primary N) is 1. The molecule has 3 rings (SSSR count). The van der Waals surface area contributed by atoms with Crippen molar-refractivity contribution in [3.8, 4) is 0 Å². The number of nitrogens with one attached hydrogen (secondary N) is 1. The van der Waals surface area contributed by atoms with Crippen molar-refractivity contribution in [2.45, 2.75) is 6.42 Å². The van der Waals surface area contributed by atoms with Crippen molar-refractivity contribution in [1.29, 1.82) is 0 Å². The van der Waals surface area contributed by atoms with Gasteiger partial charge in [0, 0.05) is 13.6 Å². The van der Waals surface area contributed by atoms with Gasteiger partial charge in [0.1, 0.15) is 0 Å². The maximum atomic E-state index is 6.03. The van der Waals surface area contributed by atoms with Gasteiger partial charge in [-0.25, -0.2) is 9.97 Å². The zero-order valence-corrected chi connectivity index (χ0v) is 12.4. The first-order chi connectivity index (χ1) is 9.24. The summed E-state index contributed by atoms with van der Waals surface area (Å²) in [6.45, 7) is 3.15. The Kier molecular flexibility index (Phi) is 4.62. The van der Waals surface area contributed by atoms with Gasteiger partial charge in [-0.15, -0.1) is 12.4 Å². The Hall–Kier alpha value is -1.59. The molecular weight excluding hydrogens is 274 g/mol. The number of para-hydroxylation sites is 2. The van der Waals surface area contributed by atoms with Crippen LogP contribution < -0.4 is 16.0 Å². The second kappa shape index (κ2) is 6.24. The van der Waals surface area contributed by atoms with Crippen molar-refractivity contribution in [3.63, 3.8) is 0 Å². The monoisotopic (exact) mass is 293 g/mol. The second-order valence-corrected chi connectivity index (χ2v) is 5.16. The van der Waals surface area contributed by atoms with Gasteiger partial charge in [-0.05, 0) is 37.6 Å². The summed E-state index contributed by atoms with van der Waals surface area (Å²) >= 11 is 0. The fourth-order valence-electron chi connectivity index (χ4n) is 2.63. The van der Waals surface area contributed by atoms with Gasteiger partial charge in [0.25, 0.3) is 0 Å². The second-order valence-electron chi connectivity index (χ2n) is 5.16. The molecule has 2 heterocycles. The third-order valence-electron chi connectivity index (χ3n) is 3.63. The number of rotatable bonds is 3. The van der Waals surface area contributed by atoms with E-state index in [9.17, 15) is 0 Å². The number of halogens is 1. The van der Waals surface area contributed by atoms with Gasteiger partial charge < -0.3 is 16.0 Å². The maximum Gasteiger partial charge on any atom is 0.171 e. The number of aromatic nitrogens is 2. The lowest BCUT2D eigenvalue weighted by molar-refractivity contribution is 0.576. The Balaban J connectivity index is 0.00000147.